The molecule has 0 atom stereocenters. The van der Waals surface area contributed by atoms with Gasteiger partial charge in [-0.25, -0.2) is 0 Å². The molecule has 0 N–H and O–H groups in total. The second-order valence-electron chi connectivity index (χ2n) is 5.74. The third-order valence-corrected chi connectivity index (χ3v) is 4.01. The summed E-state index contributed by atoms with van der Waals surface area (Å²) in [5.41, 5.74) is 2.48. The maximum Gasteiger partial charge on any atom is 0.294 e. The summed E-state index contributed by atoms with van der Waals surface area (Å²) < 4.78 is 5.76. The Morgan fingerprint density at radius 2 is 1.76 bits per heavy atom. The monoisotopic (exact) mass is 328 g/mol. The number of carbonyl (C=O) groups is 1. The predicted molar refractivity (Wildman–Crippen MR) is 97.4 cm³/mol. The van der Waals surface area contributed by atoms with Crippen LogP contribution in [-0.4, -0.2) is 10.9 Å². The van der Waals surface area contributed by atoms with Crippen LogP contribution in [0, 0.1) is 0 Å². The molecule has 0 fully saturated rings. The van der Waals surface area contributed by atoms with E-state index in [1.54, 1.807) is 23.4 Å². The molecule has 0 saturated heterocycles. The zero-order chi connectivity index (χ0) is 17.1. The summed E-state index contributed by atoms with van der Waals surface area (Å²) in [5, 5.41) is 0.917. The lowest BCUT2D eigenvalue weighted by atomic mass is 10.2. The molecule has 122 valence electrons. The van der Waals surface area contributed by atoms with Crippen molar-refractivity contribution >= 4 is 22.6 Å². The van der Waals surface area contributed by atoms with Gasteiger partial charge in [-0.15, -0.1) is 0 Å². The lowest BCUT2D eigenvalue weighted by Gasteiger charge is -2.21. The quantitative estimate of drug-likeness (QED) is 0.547. The number of pyridine rings is 1. The summed E-state index contributed by atoms with van der Waals surface area (Å²) in [4.78, 5) is 19.0. The number of anilines is 1. The number of hydrogen-bond donors (Lipinski definition) is 0. The van der Waals surface area contributed by atoms with Crippen LogP contribution >= 0.6 is 0 Å². The zero-order valence-corrected chi connectivity index (χ0v) is 13.5. The van der Waals surface area contributed by atoms with Gasteiger partial charge in [0.05, 0.1) is 6.54 Å². The van der Waals surface area contributed by atoms with Gasteiger partial charge in [-0.1, -0.05) is 42.5 Å². The van der Waals surface area contributed by atoms with Crippen molar-refractivity contribution in [3.05, 3.63) is 96.5 Å². The molecule has 4 rings (SSSR count). The van der Waals surface area contributed by atoms with E-state index in [4.69, 9.17) is 4.42 Å². The Morgan fingerprint density at radius 3 is 2.52 bits per heavy atom. The first-order valence-electron chi connectivity index (χ1n) is 8.06. The standard InChI is InChI=1S/C21H16N2O2/c24-21(20-13-17-8-4-5-11-19(17)25-20)23(18-9-2-1-3-10-18)15-16-7-6-12-22-14-16/h1-14H,15H2. The third-order valence-electron chi connectivity index (χ3n) is 4.01. The SMILES string of the molecule is O=C(c1cc2ccccc2o1)N(Cc1cccnc1)c1ccccc1. The van der Waals surface area contributed by atoms with Gasteiger partial charge in [-0.05, 0) is 35.9 Å². The van der Waals surface area contributed by atoms with Crippen LogP contribution in [0.15, 0.2) is 89.6 Å². The van der Waals surface area contributed by atoms with Crippen molar-refractivity contribution in [2.75, 3.05) is 4.90 Å². The minimum atomic E-state index is -0.175. The molecule has 0 aliphatic carbocycles. The fourth-order valence-electron chi connectivity index (χ4n) is 2.78. The van der Waals surface area contributed by atoms with Crippen molar-refractivity contribution in [3.63, 3.8) is 0 Å². The van der Waals surface area contributed by atoms with Crippen molar-refractivity contribution < 1.29 is 9.21 Å². The second-order valence-corrected chi connectivity index (χ2v) is 5.74. The van der Waals surface area contributed by atoms with E-state index in [9.17, 15) is 4.79 Å². The van der Waals surface area contributed by atoms with Crippen LogP contribution in [0.25, 0.3) is 11.0 Å². The molecule has 0 unspecified atom stereocenters. The number of fused-ring (bicyclic) bond motifs is 1. The summed E-state index contributed by atoms with van der Waals surface area (Å²) in [7, 11) is 0. The molecule has 4 heteroatoms. The smallest absolute Gasteiger partial charge is 0.294 e. The number of carbonyl (C=O) groups excluding carboxylic acids is 1. The minimum Gasteiger partial charge on any atom is -0.451 e. The average Bonchev–Trinajstić information content (AvgIpc) is 3.11. The largest absolute Gasteiger partial charge is 0.451 e. The first kappa shape index (κ1) is 15.1. The highest BCUT2D eigenvalue weighted by Gasteiger charge is 2.21. The summed E-state index contributed by atoms with van der Waals surface area (Å²) in [6, 6.07) is 22.8. The molecule has 0 spiro atoms. The van der Waals surface area contributed by atoms with E-state index in [0.29, 0.717) is 17.9 Å². The van der Waals surface area contributed by atoms with Gasteiger partial charge in [0.25, 0.3) is 5.91 Å². The fraction of sp³-hybridized carbons (Fsp3) is 0.0476. The fourth-order valence-corrected chi connectivity index (χ4v) is 2.78. The molecule has 0 bridgehead atoms. The van der Waals surface area contributed by atoms with Gasteiger partial charge in [0.1, 0.15) is 5.58 Å². The molecule has 0 radical (unpaired) electrons. The first-order valence-corrected chi connectivity index (χ1v) is 8.06. The molecule has 2 aromatic heterocycles. The van der Waals surface area contributed by atoms with E-state index in [-0.39, 0.29) is 5.91 Å². The highest BCUT2D eigenvalue weighted by Crippen LogP contribution is 2.24. The van der Waals surface area contributed by atoms with Crippen LogP contribution < -0.4 is 4.90 Å². The Labute approximate surface area is 145 Å². The summed E-state index contributed by atoms with van der Waals surface area (Å²) in [6.07, 6.45) is 3.49. The van der Waals surface area contributed by atoms with Crippen LogP contribution in [-0.2, 0) is 6.54 Å². The lowest BCUT2D eigenvalue weighted by Crippen LogP contribution is -2.30. The van der Waals surface area contributed by atoms with E-state index in [2.05, 4.69) is 4.98 Å². The summed E-state index contributed by atoms with van der Waals surface area (Å²) in [6.45, 7) is 0.424. The normalized spacial score (nSPS) is 10.7. The molecule has 0 aliphatic rings. The Balaban J connectivity index is 1.72. The molecule has 2 heterocycles. The topological polar surface area (TPSA) is 46.3 Å². The van der Waals surface area contributed by atoms with Gasteiger partial charge in [0.15, 0.2) is 5.76 Å². The third kappa shape index (κ3) is 3.15. The molecule has 25 heavy (non-hydrogen) atoms. The molecular formula is C21H16N2O2. The Morgan fingerprint density at radius 1 is 0.960 bits per heavy atom. The van der Waals surface area contributed by atoms with Crippen LogP contribution in [0.5, 0.6) is 0 Å². The van der Waals surface area contributed by atoms with Gasteiger partial charge in [0, 0.05) is 23.5 Å². The van der Waals surface area contributed by atoms with Crippen molar-refractivity contribution in [2.24, 2.45) is 0 Å². The van der Waals surface area contributed by atoms with E-state index in [0.717, 1.165) is 16.6 Å². The molecule has 1 amide bonds. The highest BCUT2D eigenvalue weighted by molar-refractivity contribution is 6.06. The highest BCUT2D eigenvalue weighted by atomic mass is 16.3. The first-order chi connectivity index (χ1) is 12.3. The van der Waals surface area contributed by atoms with E-state index in [1.807, 2.05) is 66.7 Å². The zero-order valence-electron chi connectivity index (χ0n) is 13.5. The van der Waals surface area contributed by atoms with Gasteiger partial charge >= 0.3 is 0 Å². The van der Waals surface area contributed by atoms with Crippen LogP contribution in [0.1, 0.15) is 16.1 Å². The van der Waals surface area contributed by atoms with Crippen molar-refractivity contribution in [2.45, 2.75) is 6.54 Å². The van der Waals surface area contributed by atoms with E-state index >= 15 is 0 Å². The molecule has 0 saturated carbocycles. The number of hydrogen-bond acceptors (Lipinski definition) is 3. The summed E-state index contributed by atoms with van der Waals surface area (Å²) >= 11 is 0. The van der Waals surface area contributed by atoms with Crippen LogP contribution in [0.3, 0.4) is 0 Å². The molecular weight excluding hydrogens is 312 g/mol. The minimum absolute atomic E-state index is 0.175. The Bertz CT molecular complexity index is 961. The number of nitrogens with zero attached hydrogens (tertiary/aromatic N) is 2. The van der Waals surface area contributed by atoms with Gasteiger partial charge in [-0.3, -0.25) is 9.78 Å². The van der Waals surface area contributed by atoms with Gasteiger partial charge in [-0.2, -0.15) is 0 Å². The van der Waals surface area contributed by atoms with Crippen molar-refractivity contribution in [1.82, 2.24) is 4.98 Å². The van der Waals surface area contributed by atoms with Gasteiger partial charge in [0.2, 0.25) is 0 Å². The predicted octanol–water partition coefficient (Wildman–Crippen LogP) is 4.67. The Kier molecular flexibility index (Phi) is 4.01. The maximum absolute atomic E-state index is 13.1. The van der Waals surface area contributed by atoms with Crippen molar-refractivity contribution in [1.29, 1.82) is 0 Å². The molecule has 2 aromatic carbocycles. The van der Waals surface area contributed by atoms with Crippen LogP contribution in [0.4, 0.5) is 5.69 Å². The van der Waals surface area contributed by atoms with Crippen LogP contribution in [0.2, 0.25) is 0 Å². The number of para-hydroxylation sites is 2. The second kappa shape index (κ2) is 6.61. The Hall–Kier alpha value is -3.40. The average molecular weight is 328 g/mol. The molecule has 4 aromatic rings. The van der Waals surface area contributed by atoms with E-state index < -0.39 is 0 Å². The van der Waals surface area contributed by atoms with E-state index in [1.165, 1.54) is 0 Å². The molecule has 0 aliphatic heterocycles. The number of rotatable bonds is 4. The summed E-state index contributed by atoms with van der Waals surface area (Å²) in [5.74, 6) is 0.153. The van der Waals surface area contributed by atoms with Crippen molar-refractivity contribution in [3.8, 4) is 0 Å². The maximum atomic E-state index is 13.1. The number of amides is 1. The number of furan rings is 1. The molecule has 4 nitrogen and oxygen atoms in total. The number of benzene rings is 2. The number of aromatic nitrogens is 1. The lowest BCUT2D eigenvalue weighted by molar-refractivity contribution is 0.0960. The van der Waals surface area contributed by atoms with Gasteiger partial charge < -0.3 is 9.32 Å².